The van der Waals surface area contributed by atoms with Crippen LogP contribution in [0, 0.1) is 0 Å². The van der Waals surface area contributed by atoms with Crippen LogP contribution in [0.3, 0.4) is 0 Å². The monoisotopic (exact) mass is 244 g/mol. The number of hydrogen-bond donors (Lipinski definition) is 1. The van der Waals surface area contributed by atoms with Crippen molar-refractivity contribution >= 4 is 5.97 Å². The molecule has 0 rings (SSSR count). The lowest BCUT2D eigenvalue weighted by atomic mass is 9.95. The van der Waals surface area contributed by atoms with E-state index in [0.29, 0.717) is 13.2 Å². The SMILES string of the molecule is CCOC(=O)C(C)(CN(C)C(C)(C)CC)NC. The third-order valence-electron chi connectivity index (χ3n) is 3.73. The van der Waals surface area contributed by atoms with Crippen LogP contribution in [0.5, 0.6) is 0 Å². The van der Waals surface area contributed by atoms with Gasteiger partial charge in [-0.2, -0.15) is 0 Å². The minimum atomic E-state index is -0.656. The molecular formula is C13H28N2O2. The van der Waals surface area contributed by atoms with Crippen molar-refractivity contribution in [1.82, 2.24) is 10.2 Å². The molecule has 0 aliphatic heterocycles. The lowest BCUT2D eigenvalue weighted by Crippen LogP contribution is -2.59. The van der Waals surface area contributed by atoms with E-state index in [1.807, 2.05) is 20.9 Å². The van der Waals surface area contributed by atoms with Gasteiger partial charge in [-0.05, 0) is 48.2 Å². The second kappa shape index (κ2) is 6.36. The number of nitrogens with zero attached hydrogens (tertiary/aromatic N) is 1. The van der Waals surface area contributed by atoms with E-state index in [1.54, 1.807) is 7.05 Å². The van der Waals surface area contributed by atoms with Crippen molar-refractivity contribution < 1.29 is 9.53 Å². The maximum atomic E-state index is 11.9. The van der Waals surface area contributed by atoms with E-state index >= 15 is 0 Å². The quantitative estimate of drug-likeness (QED) is 0.691. The van der Waals surface area contributed by atoms with Gasteiger partial charge in [0, 0.05) is 12.1 Å². The Hall–Kier alpha value is -0.610. The second-order valence-electron chi connectivity index (χ2n) is 5.32. The summed E-state index contributed by atoms with van der Waals surface area (Å²) >= 11 is 0. The topological polar surface area (TPSA) is 41.6 Å². The van der Waals surface area contributed by atoms with Gasteiger partial charge in [0.2, 0.25) is 0 Å². The molecule has 102 valence electrons. The Morgan fingerprint density at radius 3 is 2.18 bits per heavy atom. The summed E-state index contributed by atoms with van der Waals surface area (Å²) in [4.78, 5) is 14.1. The molecule has 0 fully saturated rings. The Bertz CT molecular complexity index is 254. The number of esters is 1. The number of ether oxygens (including phenoxy) is 1. The summed E-state index contributed by atoms with van der Waals surface area (Å²) in [5, 5.41) is 3.07. The minimum absolute atomic E-state index is 0.0740. The fourth-order valence-electron chi connectivity index (χ4n) is 1.49. The molecule has 4 nitrogen and oxygen atoms in total. The highest BCUT2D eigenvalue weighted by atomic mass is 16.5. The first kappa shape index (κ1) is 16.4. The fourth-order valence-corrected chi connectivity index (χ4v) is 1.49. The molecule has 1 atom stereocenters. The van der Waals surface area contributed by atoms with E-state index in [-0.39, 0.29) is 11.5 Å². The molecule has 0 aromatic carbocycles. The Labute approximate surface area is 106 Å². The molecule has 0 amide bonds. The van der Waals surface area contributed by atoms with Gasteiger partial charge in [0.15, 0.2) is 0 Å². The Kier molecular flexibility index (Phi) is 6.13. The van der Waals surface area contributed by atoms with Gasteiger partial charge in [0.05, 0.1) is 6.61 Å². The highest BCUT2D eigenvalue weighted by Crippen LogP contribution is 2.19. The summed E-state index contributed by atoms with van der Waals surface area (Å²) in [6.45, 7) is 11.3. The summed E-state index contributed by atoms with van der Waals surface area (Å²) in [5.74, 6) is -0.193. The molecule has 0 aliphatic rings. The third kappa shape index (κ3) is 4.28. The van der Waals surface area contributed by atoms with Crippen LogP contribution in [-0.2, 0) is 9.53 Å². The van der Waals surface area contributed by atoms with Crippen LogP contribution in [0.4, 0.5) is 0 Å². The van der Waals surface area contributed by atoms with Crippen LogP contribution >= 0.6 is 0 Å². The fraction of sp³-hybridized carbons (Fsp3) is 0.923. The Morgan fingerprint density at radius 2 is 1.82 bits per heavy atom. The lowest BCUT2D eigenvalue weighted by molar-refractivity contribution is -0.151. The van der Waals surface area contributed by atoms with Gasteiger partial charge >= 0.3 is 5.97 Å². The van der Waals surface area contributed by atoms with Crippen molar-refractivity contribution in [2.24, 2.45) is 0 Å². The predicted octanol–water partition coefficient (Wildman–Crippen LogP) is 1.65. The molecule has 0 saturated heterocycles. The number of hydrogen-bond acceptors (Lipinski definition) is 4. The number of carbonyl (C=O) groups excluding carboxylic acids is 1. The molecule has 0 saturated carbocycles. The van der Waals surface area contributed by atoms with Gasteiger partial charge in [-0.1, -0.05) is 6.92 Å². The number of rotatable bonds is 7. The van der Waals surface area contributed by atoms with Crippen LogP contribution in [0.15, 0.2) is 0 Å². The average molecular weight is 244 g/mol. The molecule has 0 heterocycles. The molecule has 0 spiro atoms. The van der Waals surface area contributed by atoms with Crippen molar-refractivity contribution in [2.45, 2.75) is 52.1 Å². The van der Waals surface area contributed by atoms with Crippen molar-refractivity contribution in [3.8, 4) is 0 Å². The van der Waals surface area contributed by atoms with Crippen LogP contribution in [0.2, 0.25) is 0 Å². The standard InChI is InChI=1S/C13H28N2O2/c1-8-12(3,4)15(7)10-13(5,14-6)11(16)17-9-2/h14H,8-10H2,1-7H3. The molecule has 0 radical (unpaired) electrons. The minimum Gasteiger partial charge on any atom is -0.465 e. The first-order valence-corrected chi connectivity index (χ1v) is 6.31. The van der Waals surface area contributed by atoms with Crippen LogP contribution in [0.25, 0.3) is 0 Å². The summed E-state index contributed by atoms with van der Waals surface area (Å²) in [6.07, 6.45) is 1.03. The van der Waals surface area contributed by atoms with Gasteiger partial charge in [0.25, 0.3) is 0 Å². The van der Waals surface area contributed by atoms with E-state index in [4.69, 9.17) is 4.74 Å². The van der Waals surface area contributed by atoms with E-state index in [0.717, 1.165) is 6.42 Å². The lowest BCUT2D eigenvalue weighted by Gasteiger charge is -2.40. The largest absolute Gasteiger partial charge is 0.465 e. The Balaban J connectivity index is 4.74. The second-order valence-corrected chi connectivity index (χ2v) is 5.32. The highest BCUT2D eigenvalue weighted by molar-refractivity contribution is 5.80. The van der Waals surface area contributed by atoms with Gasteiger partial charge in [-0.25, -0.2) is 0 Å². The van der Waals surface area contributed by atoms with Crippen molar-refractivity contribution in [3.63, 3.8) is 0 Å². The molecule has 0 aliphatic carbocycles. The number of carbonyl (C=O) groups is 1. The third-order valence-corrected chi connectivity index (χ3v) is 3.73. The van der Waals surface area contributed by atoms with Gasteiger partial charge in [-0.3, -0.25) is 9.69 Å². The maximum Gasteiger partial charge on any atom is 0.327 e. The zero-order valence-electron chi connectivity index (χ0n) is 12.4. The van der Waals surface area contributed by atoms with E-state index < -0.39 is 5.54 Å². The van der Waals surface area contributed by atoms with Gasteiger partial charge in [-0.15, -0.1) is 0 Å². The zero-order valence-corrected chi connectivity index (χ0v) is 12.4. The molecule has 1 unspecified atom stereocenters. The van der Waals surface area contributed by atoms with E-state index in [1.165, 1.54) is 0 Å². The molecule has 1 N–H and O–H groups in total. The van der Waals surface area contributed by atoms with Gasteiger partial charge < -0.3 is 10.1 Å². The van der Waals surface area contributed by atoms with E-state index in [2.05, 4.69) is 31.0 Å². The van der Waals surface area contributed by atoms with Crippen molar-refractivity contribution in [2.75, 3.05) is 27.2 Å². The first-order valence-electron chi connectivity index (χ1n) is 6.31. The van der Waals surface area contributed by atoms with Gasteiger partial charge in [0.1, 0.15) is 5.54 Å². The summed E-state index contributed by atoms with van der Waals surface area (Å²) < 4.78 is 5.12. The molecule has 0 aromatic rings. The zero-order chi connectivity index (χ0) is 13.7. The van der Waals surface area contributed by atoms with Crippen molar-refractivity contribution in [3.05, 3.63) is 0 Å². The first-order chi connectivity index (χ1) is 7.73. The van der Waals surface area contributed by atoms with Crippen LogP contribution in [0.1, 0.15) is 41.0 Å². The number of nitrogens with one attached hydrogen (secondary N) is 1. The molecular weight excluding hydrogens is 216 g/mol. The summed E-state index contributed by atoms with van der Waals surface area (Å²) in [5.41, 5.74) is -0.582. The maximum absolute atomic E-state index is 11.9. The molecule has 4 heteroatoms. The van der Waals surface area contributed by atoms with E-state index in [9.17, 15) is 4.79 Å². The van der Waals surface area contributed by atoms with Crippen LogP contribution < -0.4 is 5.32 Å². The highest BCUT2D eigenvalue weighted by Gasteiger charge is 2.37. The summed E-state index contributed by atoms with van der Waals surface area (Å²) in [6, 6.07) is 0. The summed E-state index contributed by atoms with van der Waals surface area (Å²) in [7, 11) is 3.84. The normalized spacial score (nSPS) is 15.8. The van der Waals surface area contributed by atoms with Crippen molar-refractivity contribution in [1.29, 1.82) is 0 Å². The molecule has 17 heavy (non-hydrogen) atoms. The smallest absolute Gasteiger partial charge is 0.327 e. The van der Waals surface area contributed by atoms with Crippen LogP contribution in [-0.4, -0.2) is 49.2 Å². The predicted molar refractivity (Wildman–Crippen MR) is 71.1 cm³/mol. The molecule has 0 bridgehead atoms. The number of likely N-dealkylation sites (N-methyl/N-ethyl adjacent to an activating group) is 2. The average Bonchev–Trinajstić information content (AvgIpc) is 2.28. The Morgan fingerprint density at radius 1 is 1.29 bits per heavy atom. The molecule has 0 aromatic heterocycles.